The Bertz CT molecular complexity index is 839. The molecule has 0 heterocycles. The molecule has 0 saturated carbocycles. The lowest BCUT2D eigenvalue weighted by Crippen LogP contribution is -2.37. The van der Waals surface area contributed by atoms with E-state index in [1.165, 1.54) is 18.4 Å². The lowest BCUT2D eigenvalue weighted by molar-refractivity contribution is 0.236. The van der Waals surface area contributed by atoms with Crippen LogP contribution in [0.4, 0.5) is 9.18 Å². The number of hydrogen-bond donors (Lipinski definition) is 2. The van der Waals surface area contributed by atoms with Crippen molar-refractivity contribution in [2.24, 2.45) is 0 Å². The van der Waals surface area contributed by atoms with Gasteiger partial charge in [-0.05, 0) is 23.3 Å². The molecule has 6 nitrogen and oxygen atoms in total. The summed E-state index contributed by atoms with van der Waals surface area (Å²) in [5.74, 6) is 0.0177. The fourth-order valence-corrected chi connectivity index (χ4v) is 2.99. The molecule has 2 amide bonds. The summed E-state index contributed by atoms with van der Waals surface area (Å²) in [5.41, 5.74) is 1.56. The van der Waals surface area contributed by atoms with Crippen molar-refractivity contribution in [2.45, 2.75) is 12.3 Å². The Morgan fingerprint density at radius 2 is 1.77 bits per heavy atom. The number of ether oxygens (including phenoxy) is 1. The molecule has 2 aromatic rings. The maximum atomic E-state index is 13.0. The topological polar surface area (TPSA) is 84.5 Å². The highest BCUT2D eigenvalue weighted by Gasteiger charge is 2.05. The molecule has 2 aromatic carbocycles. The van der Waals surface area contributed by atoms with Gasteiger partial charge in [0.15, 0.2) is 9.84 Å². The summed E-state index contributed by atoms with van der Waals surface area (Å²) in [4.78, 5) is 11.7. The molecule has 0 atom stereocenters. The van der Waals surface area contributed by atoms with Gasteiger partial charge in [-0.15, -0.1) is 0 Å². The van der Waals surface area contributed by atoms with Crippen LogP contribution < -0.4 is 15.4 Å². The van der Waals surface area contributed by atoms with Gasteiger partial charge in [0.1, 0.15) is 18.2 Å². The van der Waals surface area contributed by atoms with E-state index in [0.717, 1.165) is 5.56 Å². The third-order valence-corrected chi connectivity index (χ3v) is 4.22. The van der Waals surface area contributed by atoms with Crippen LogP contribution in [0.5, 0.6) is 5.75 Å². The number of rotatable bonds is 8. The van der Waals surface area contributed by atoms with Gasteiger partial charge in [0.2, 0.25) is 0 Å². The van der Waals surface area contributed by atoms with E-state index in [9.17, 15) is 17.6 Å². The maximum Gasteiger partial charge on any atom is 0.315 e. The van der Waals surface area contributed by atoms with Gasteiger partial charge in [0, 0.05) is 18.9 Å². The minimum absolute atomic E-state index is 0.00743. The number of nitrogens with one attached hydrogen (secondary N) is 2. The molecule has 0 aliphatic rings. The van der Waals surface area contributed by atoms with E-state index in [1.807, 2.05) is 0 Å². The van der Waals surface area contributed by atoms with Gasteiger partial charge in [-0.3, -0.25) is 0 Å². The predicted molar refractivity (Wildman–Crippen MR) is 97.1 cm³/mol. The second-order valence-corrected chi connectivity index (χ2v) is 7.94. The van der Waals surface area contributed by atoms with E-state index < -0.39 is 9.84 Å². The zero-order valence-electron chi connectivity index (χ0n) is 14.4. The number of sulfone groups is 1. The van der Waals surface area contributed by atoms with E-state index in [-0.39, 0.29) is 30.8 Å². The number of urea groups is 1. The van der Waals surface area contributed by atoms with Gasteiger partial charge < -0.3 is 15.4 Å². The number of benzene rings is 2. The molecule has 0 fully saturated rings. The summed E-state index contributed by atoms with van der Waals surface area (Å²) in [5, 5.41) is 5.32. The fraction of sp³-hybridized carbons (Fsp3) is 0.278. The van der Waals surface area contributed by atoms with Gasteiger partial charge in [-0.1, -0.05) is 30.3 Å². The minimum atomic E-state index is -3.06. The summed E-state index contributed by atoms with van der Waals surface area (Å²) in [6, 6.07) is 12.4. The van der Waals surface area contributed by atoms with E-state index in [0.29, 0.717) is 17.9 Å². The highest BCUT2D eigenvalue weighted by molar-refractivity contribution is 7.89. The Morgan fingerprint density at radius 3 is 2.42 bits per heavy atom. The molecule has 0 aliphatic carbocycles. The molecule has 0 bridgehead atoms. The normalized spacial score (nSPS) is 11.0. The smallest absolute Gasteiger partial charge is 0.315 e. The molecule has 0 saturated heterocycles. The Morgan fingerprint density at radius 1 is 1.08 bits per heavy atom. The minimum Gasteiger partial charge on any atom is -0.492 e. The summed E-state index contributed by atoms with van der Waals surface area (Å²) >= 11 is 0. The zero-order valence-corrected chi connectivity index (χ0v) is 15.2. The summed E-state index contributed by atoms with van der Waals surface area (Å²) in [6.45, 7) is 0.808. The first-order valence-corrected chi connectivity index (χ1v) is 10.0. The molecule has 0 spiro atoms. The van der Waals surface area contributed by atoms with Crippen molar-refractivity contribution in [2.75, 3.05) is 19.4 Å². The highest BCUT2D eigenvalue weighted by atomic mass is 32.2. The molecule has 0 unspecified atom stereocenters. The van der Waals surface area contributed by atoms with E-state index in [2.05, 4.69) is 10.6 Å². The van der Waals surface area contributed by atoms with Crippen LogP contribution in [-0.4, -0.2) is 33.9 Å². The van der Waals surface area contributed by atoms with Crippen LogP contribution in [-0.2, 0) is 22.1 Å². The van der Waals surface area contributed by atoms with E-state index in [1.54, 1.807) is 36.4 Å². The molecule has 2 N–H and O–H groups in total. The Balaban J connectivity index is 1.67. The van der Waals surface area contributed by atoms with Crippen LogP contribution in [0, 0.1) is 5.82 Å². The van der Waals surface area contributed by atoms with Crippen LogP contribution in [0.2, 0.25) is 0 Å². The van der Waals surface area contributed by atoms with Crippen molar-refractivity contribution in [3.8, 4) is 5.75 Å². The largest absolute Gasteiger partial charge is 0.492 e. The second-order valence-electron chi connectivity index (χ2n) is 5.80. The molecule has 0 radical (unpaired) electrons. The molecule has 2 rings (SSSR count). The van der Waals surface area contributed by atoms with Gasteiger partial charge >= 0.3 is 6.03 Å². The first kappa shape index (κ1) is 19.7. The van der Waals surface area contributed by atoms with Gasteiger partial charge in [0.25, 0.3) is 0 Å². The monoisotopic (exact) mass is 380 g/mol. The average Bonchev–Trinajstić information content (AvgIpc) is 2.57. The van der Waals surface area contributed by atoms with Crippen molar-refractivity contribution in [3.05, 3.63) is 65.5 Å². The van der Waals surface area contributed by atoms with Crippen molar-refractivity contribution in [1.29, 1.82) is 0 Å². The van der Waals surface area contributed by atoms with Crippen LogP contribution in [0.15, 0.2) is 48.5 Å². The van der Waals surface area contributed by atoms with Crippen molar-refractivity contribution >= 4 is 15.9 Å². The standard InChI is InChI=1S/C18H21FN2O4S/c1-26(23,24)13-15-7-5-14(6-8-15)12-21-18(22)20-9-10-25-17-4-2-3-16(19)11-17/h2-8,11H,9-10,12-13H2,1H3,(H2,20,21,22). The fourth-order valence-electron chi connectivity index (χ4n) is 2.19. The molecule has 0 aliphatic heterocycles. The number of amides is 2. The first-order valence-electron chi connectivity index (χ1n) is 7.97. The summed E-state index contributed by atoms with van der Waals surface area (Å²) < 4.78 is 40.8. The van der Waals surface area contributed by atoms with Crippen molar-refractivity contribution in [1.82, 2.24) is 10.6 Å². The van der Waals surface area contributed by atoms with E-state index in [4.69, 9.17) is 4.74 Å². The second kappa shape index (κ2) is 9.19. The number of carbonyl (C=O) groups excluding carboxylic acids is 1. The maximum absolute atomic E-state index is 13.0. The zero-order chi connectivity index (χ0) is 19.0. The number of carbonyl (C=O) groups is 1. The van der Waals surface area contributed by atoms with Gasteiger partial charge in [-0.2, -0.15) is 0 Å². The molecule has 140 valence electrons. The van der Waals surface area contributed by atoms with E-state index >= 15 is 0 Å². The Hall–Kier alpha value is -2.61. The van der Waals surface area contributed by atoms with Crippen LogP contribution >= 0.6 is 0 Å². The Kier molecular flexibility index (Phi) is 6.97. The number of hydrogen-bond acceptors (Lipinski definition) is 4. The SMILES string of the molecule is CS(=O)(=O)Cc1ccc(CNC(=O)NCCOc2cccc(F)c2)cc1. The Labute approximate surface area is 152 Å². The van der Waals surface area contributed by atoms with Gasteiger partial charge in [-0.25, -0.2) is 17.6 Å². The lowest BCUT2D eigenvalue weighted by atomic mass is 10.1. The third-order valence-electron chi connectivity index (χ3n) is 3.36. The van der Waals surface area contributed by atoms with Crippen LogP contribution in [0.1, 0.15) is 11.1 Å². The molecule has 26 heavy (non-hydrogen) atoms. The van der Waals surface area contributed by atoms with Crippen molar-refractivity contribution in [3.63, 3.8) is 0 Å². The molecular formula is C18H21FN2O4S. The molecular weight excluding hydrogens is 359 g/mol. The number of halogens is 1. The van der Waals surface area contributed by atoms with Crippen molar-refractivity contribution < 1.29 is 22.3 Å². The highest BCUT2D eigenvalue weighted by Crippen LogP contribution is 2.11. The first-order chi connectivity index (χ1) is 12.3. The average molecular weight is 380 g/mol. The summed E-state index contributed by atoms with van der Waals surface area (Å²) in [7, 11) is -3.06. The van der Waals surface area contributed by atoms with Gasteiger partial charge in [0.05, 0.1) is 12.3 Å². The predicted octanol–water partition coefficient (Wildman–Crippen LogP) is 2.25. The summed E-state index contributed by atoms with van der Waals surface area (Å²) in [6.07, 6.45) is 1.19. The van der Waals surface area contributed by atoms with Crippen LogP contribution in [0.3, 0.4) is 0 Å². The molecule has 0 aromatic heterocycles. The molecule has 8 heteroatoms. The van der Waals surface area contributed by atoms with Crippen LogP contribution in [0.25, 0.3) is 0 Å². The third kappa shape index (κ3) is 7.52. The lowest BCUT2D eigenvalue weighted by Gasteiger charge is -2.09. The quantitative estimate of drug-likeness (QED) is 0.688.